The second kappa shape index (κ2) is 7.86. The highest BCUT2D eigenvalue weighted by Gasteiger charge is 2.14. The summed E-state index contributed by atoms with van der Waals surface area (Å²) in [6, 6.07) is 17.5. The molecule has 27 heavy (non-hydrogen) atoms. The molecule has 8 heteroatoms. The molecule has 7 nitrogen and oxygen atoms in total. The minimum atomic E-state index is -3.68. The van der Waals surface area contributed by atoms with Crippen LogP contribution >= 0.6 is 0 Å². The van der Waals surface area contributed by atoms with Gasteiger partial charge in [-0.1, -0.05) is 12.1 Å². The molecule has 0 aliphatic heterocycles. The largest absolute Gasteiger partial charge is 0.459 e. The Hall–Kier alpha value is -3.41. The van der Waals surface area contributed by atoms with Crippen LogP contribution < -0.4 is 10.0 Å². The molecular weight excluding hydrogens is 366 g/mol. The van der Waals surface area contributed by atoms with Gasteiger partial charge in [0.2, 0.25) is 10.0 Å². The molecule has 0 fully saturated rings. The molecule has 0 saturated heterocycles. The van der Waals surface area contributed by atoms with E-state index in [9.17, 15) is 13.2 Å². The summed E-state index contributed by atoms with van der Waals surface area (Å²) in [5, 5.41) is 11.5. The summed E-state index contributed by atoms with van der Waals surface area (Å²) in [7, 11) is -3.68. The lowest BCUT2D eigenvalue weighted by Gasteiger charge is -2.08. The van der Waals surface area contributed by atoms with Gasteiger partial charge in [0.25, 0.3) is 5.91 Å². The highest BCUT2D eigenvalue weighted by Crippen LogP contribution is 2.14. The van der Waals surface area contributed by atoms with Crippen LogP contribution in [0.5, 0.6) is 0 Å². The van der Waals surface area contributed by atoms with Crippen LogP contribution in [0.1, 0.15) is 21.7 Å². The Balaban J connectivity index is 1.61. The summed E-state index contributed by atoms with van der Waals surface area (Å²) in [4.78, 5) is 12.0. The van der Waals surface area contributed by atoms with E-state index in [4.69, 9.17) is 9.68 Å². The van der Waals surface area contributed by atoms with Gasteiger partial charge in [-0.2, -0.15) is 5.26 Å². The molecule has 0 atom stereocenters. The van der Waals surface area contributed by atoms with Gasteiger partial charge >= 0.3 is 0 Å². The van der Waals surface area contributed by atoms with Crippen LogP contribution in [0.15, 0.2) is 76.2 Å². The van der Waals surface area contributed by atoms with E-state index in [1.54, 1.807) is 36.4 Å². The number of carbonyl (C=O) groups is 1. The molecule has 0 unspecified atom stereocenters. The van der Waals surface area contributed by atoms with Gasteiger partial charge < -0.3 is 9.73 Å². The molecule has 0 aliphatic carbocycles. The van der Waals surface area contributed by atoms with Gasteiger partial charge in [0.15, 0.2) is 5.76 Å². The zero-order chi connectivity index (χ0) is 19.3. The third kappa shape index (κ3) is 4.61. The van der Waals surface area contributed by atoms with E-state index < -0.39 is 10.0 Å². The smallest absolute Gasteiger partial charge is 0.291 e. The number of anilines is 1. The Morgan fingerprint density at radius 3 is 2.33 bits per heavy atom. The number of nitrogens with zero attached hydrogens (tertiary/aromatic N) is 1. The fourth-order valence-electron chi connectivity index (χ4n) is 2.28. The predicted octanol–water partition coefficient (Wildman–Crippen LogP) is 2.88. The lowest BCUT2D eigenvalue weighted by molar-refractivity contribution is 0.0996. The van der Waals surface area contributed by atoms with Crippen LogP contribution in [-0.4, -0.2) is 14.3 Å². The number of nitriles is 1. The molecule has 3 rings (SSSR count). The normalized spacial score (nSPS) is 10.9. The molecule has 0 bridgehead atoms. The van der Waals surface area contributed by atoms with E-state index in [2.05, 4.69) is 10.0 Å². The molecule has 2 aromatic carbocycles. The van der Waals surface area contributed by atoms with Crippen molar-refractivity contribution >= 4 is 21.6 Å². The number of rotatable bonds is 6. The highest BCUT2D eigenvalue weighted by molar-refractivity contribution is 7.89. The standard InChI is InChI=1S/C19H15N3O4S/c20-12-14-5-9-17(10-6-14)27(24,25)21-13-15-3-7-16(8-4-15)22-19(23)18-2-1-11-26-18/h1-11,21H,13H2,(H,22,23). The molecule has 136 valence electrons. The first kappa shape index (κ1) is 18.4. The Morgan fingerprint density at radius 2 is 1.74 bits per heavy atom. The van der Waals surface area contributed by atoms with Crippen molar-refractivity contribution in [2.24, 2.45) is 0 Å². The zero-order valence-electron chi connectivity index (χ0n) is 14.0. The lowest BCUT2D eigenvalue weighted by Crippen LogP contribution is -2.23. The van der Waals surface area contributed by atoms with Crippen LogP contribution in [0.2, 0.25) is 0 Å². The third-order valence-electron chi connectivity index (χ3n) is 3.72. The number of nitrogens with one attached hydrogen (secondary N) is 2. The molecule has 0 radical (unpaired) electrons. The Bertz CT molecular complexity index is 1070. The molecule has 0 aliphatic rings. The van der Waals surface area contributed by atoms with Gasteiger partial charge in [0.1, 0.15) is 0 Å². The van der Waals surface area contributed by atoms with Gasteiger partial charge in [-0.3, -0.25) is 4.79 Å². The summed E-state index contributed by atoms with van der Waals surface area (Å²) < 4.78 is 32.1. The maximum atomic E-state index is 12.3. The first-order valence-corrected chi connectivity index (χ1v) is 9.40. The minimum absolute atomic E-state index is 0.0869. The van der Waals surface area contributed by atoms with Crippen molar-refractivity contribution in [1.82, 2.24) is 4.72 Å². The second-order valence-electron chi connectivity index (χ2n) is 5.59. The van der Waals surface area contributed by atoms with Crippen molar-refractivity contribution in [2.45, 2.75) is 11.4 Å². The average molecular weight is 381 g/mol. The maximum Gasteiger partial charge on any atom is 0.291 e. The van der Waals surface area contributed by atoms with Gasteiger partial charge in [-0.25, -0.2) is 13.1 Å². The monoisotopic (exact) mass is 381 g/mol. The third-order valence-corrected chi connectivity index (χ3v) is 5.13. The number of carbonyl (C=O) groups excluding carboxylic acids is 1. The van der Waals surface area contributed by atoms with E-state index >= 15 is 0 Å². The van der Waals surface area contributed by atoms with Gasteiger partial charge in [-0.15, -0.1) is 0 Å². The van der Waals surface area contributed by atoms with Crippen molar-refractivity contribution in [3.8, 4) is 6.07 Å². The van der Waals surface area contributed by atoms with Crippen molar-refractivity contribution in [3.63, 3.8) is 0 Å². The molecule has 1 aromatic heterocycles. The Labute approximate surface area is 156 Å². The summed E-state index contributed by atoms with van der Waals surface area (Å²) >= 11 is 0. The van der Waals surface area contributed by atoms with Crippen molar-refractivity contribution in [3.05, 3.63) is 83.8 Å². The molecule has 3 aromatic rings. The van der Waals surface area contributed by atoms with E-state index in [1.165, 1.54) is 30.5 Å². The SMILES string of the molecule is N#Cc1ccc(S(=O)(=O)NCc2ccc(NC(=O)c3ccco3)cc2)cc1. The fourth-order valence-corrected chi connectivity index (χ4v) is 3.29. The van der Waals surface area contributed by atoms with Crippen molar-refractivity contribution in [1.29, 1.82) is 5.26 Å². The Kier molecular flexibility index (Phi) is 5.35. The molecule has 2 N–H and O–H groups in total. The number of sulfonamides is 1. The van der Waals surface area contributed by atoms with E-state index in [0.717, 1.165) is 5.56 Å². The molecule has 1 amide bonds. The van der Waals surface area contributed by atoms with Crippen molar-refractivity contribution in [2.75, 3.05) is 5.32 Å². The lowest BCUT2D eigenvalue weighted by atomic mass is 10.2. The second-order valence-corrected chi connectivity index (χ2v) is 7.36. The Morgan fingerprint density at radius 1 is 1.04 bits per heavy atom. The molecule has 0 saturated carbocycles. The summed E-state index contributed by atoms with van der Waals surface area (Å²) in [5.74, 6) is -0.163. The van der Waals surface area contributed by atoms with Crippen LogP contribution in [0.4, 0.5) is 5.69 Å². The highest BCUT2D eigenvalue weighted by atomic mass is 32.2. The average Bonchev–Trinajstić information content (AvgIpc) is 3.22. The minimum Gasteiger partial charge on any atom is -0.459 e. The summed E-state index contributed by atoms with van der Waals surface area (Å²) in [5.41, 5.74) is 1.68. The number of hydrogen-bond donors (Lipinski definition) is 2. The van der Waals surface area contributed by atoms with E-state index in [-0.39, 0.29) is 23.1 Å². The van der Waals surface area contributed by atoms with Crippen LogP contribution in [0, 0.1) is 11.3 Å². The zero-order valence-corrected chi connectivity index (χ0v) is 14.9. The van der Waals surface area contributed by atoms with Gasteiger partial charge in [0.05, 0.1) is 22.8 Å². The first-order valence-electron chi connectivity index (χ1n) is 7.91. The molecule has 1 heterocycles. The number of amides is 1. The van der Waals surface area contributed by atoms with Crippen LogP contribution in [-0.2, 0) is 16.6 Å². The van der Waals surface area contributed by atoms with Gasteiger partial charge in [0, 0.05) is 12.2 Å². The summed E-state index contributed by atoms with van der Waals surface area (Å²) in [6.07, 6.45) is 1.41. The number of hydrogen-bond acceptors (Lipinski definition) is 5. The van der Waals surface area contributed by atoms with Crippen LogP contribution in [0.25, 0.3) is 0 Å². The summed E-state index contributed by atoms with van der Waals surface area (Å²) in [6.45, 7) is 0.0920. The molecule has 0 spiro atoms. The first-order chi connectivity index (χ1) is 13.0. The quantitative estimate of drug-likeness (QED) is 0.682. The maximum absolute atomic E-state index is 12.3. The van der Waals surface area contributed by atoms with Crippen molar-refractivity contribution < 1.29 is 17.6 Å². The molecular formula is C19H15N3O4S. The predicted molar refractivity (Wildman–Crippen MR) is 98.3 cm³/mol. The van der Waals surface area contributed by atoms with Gasteiger partial charge in [-0.05, 0) is 54.1 Å². The topological polar surface area (TPSA) is 112 Å². The fraction of sp³-hybridized carbons (Fsp3) is 0.0526. The number of benzene rings is 2. The van der Waals surface area contributed by atoms with E-state index in [0.29, 0.717) is 11.3 Å². The van der Waals surface area contributed by atoms with E-state index in [1.807, 2.05) is 6.07 Å². The number of furan rings is 1. The van der Waals surface area contributed by atoms with Crippen LogP contribution in [0.3, 0.4) is 0 Å².